The average Bonchev–Trinajstić information content (AvgIpc) is 2.93. The normalized spacial score (nSPS) is 12.9. The van der Waals surface area contributed by atoms with Gasteiger partial charge in [-0.15, -0.1) is 0 Å². The molecular weight excluding hydrogens is 238 g/mol. The number of hydrogen-bond acceptors (Lipinski definition) is 4. The molecule has 0 fully saturated rings. The molecule has 1 aliphatic heterocycles. The van der Waals surface area contributed by atoms with Gasteiger partial charge < -0.3 is 10.1 Å². The minimum Gasteiger partial charge on any atom is -0.493 e. The van der Waals surface area contributed by atoms with Crippen LogP contribution in [0.3, 0.4) is 0 Å². The number of nitrogens with one attached hydrogen (secondary N) is 1. The molecule has 0 saturated heterocycles. The molecule has 0 amide bonds. The molecule has 4 heteroatoms. The van der Waals surface area contributed by atoms with E-state index in [2.05, 4.69) is 34.3 Å². The quantitative estimate of drug-likeness (QED) is 0.916. The third-order valence-electron chi connectivity index (χ3n) is 3.50. The lowest BCUT2D eigenvalue weighted by Crippen LogP contribution is -2.02. The second kappa shape index (κ2) is 4.88. The van der Waals surface area contributed by atoms with Crippen molar-refractivity contribution in [3.8, 4) is 17.0 Å². The van der Waals surface area contributed by atoms with Gasteiger partial charge >= 0.3 is 0 Å². The largest absolute Gasteiger partial charge is 0.493 e. The van der Waals surface area contributed by atoms with Crippen molar-refractivity contribution in [2.45, 2.75) is 19.8 Å². The monoisotopic (exact) mass is 255 g/mol. The number of rotatable bonds is 3. The van der Waals surface area contributed by atoms with E-state index in [0.29, 0.717) is 0 Å². The van der Waals surface area contributed by atoms with E-state index in [1.54, 1.807) is 6.33 Å². The Morgan fingerprint density at radius 2 is 2.21 bits per heavy atom. The highest BCUT2D eigenvalue weighted by molar-refractivity contribution is 5.70. The van der Waals surface area contributed by atoms with Crippen LogP contribution in [-0.2, 0) is 12.8 Å². The Morgan fingerprint density at radius 1 is 1.32 bits per heavy atom. The number of aromatic nitrogens is 2. The van der Waals surface area contributed by atoms with E-state index in [1.165, 1.54) is 5.56 Å². The highest BCUT2D eigenvalue weighted by Gasteiger charge is 2.16. The summed E-state index contributed by atoms with van der Waals surface area (Å²) < 4.78 is 5.55. The summed E-state index contributed by atoms with van der Waals surface area (Å²) >= 11 is 0. The van der Waals surface area contributed by atoms with Crippen LogP contribution in [0.15, 0.2) is 24.5 Å². The molecule has 19 heavy (non-hydrogen) atoms. The Hall–Kier alpha value is -2.10. The number of anilines is 1. The fourth-order valence-corrected chi connectivity index (χ4v) is 2.55. The molecule has 0 unspecified atom stereocenters. The molecule has 0 aliphatic carbocycles. The number of fused-ring (bicyclic) bond motifs is 1. The summed E-state index contributed by atoms with van der Waals surface area (Å²) in [4.78, 5) is 8.74. The Bertz CT molecular complexity index is 610. The van der Waals surface area contributed by atoms with Gasteiger partial charge in [0, 0.05) is 24.6 Å². The van der Waals surface area contributed by atoms with Crippen LogP contribution >= 0.6 is 0 Å². The third kappa shape index (κ3) is 2.03. The Labute approximate surface area is 112 Å². The summed E-state index contributed by atoms with van der Waals surface area (Å²) in [6.45, 7) is 2.91. The maximum atomic E-state index is 5.55. The molecule has 0 bridgehead atoms. The van der Waals surface area contributed by atoms with Crippen molar-refractivity contribution in [2.24, 2.45) is 0 Å². The first-order chi connectivity index (χ1) is 9.33. The standard InChI is InChI=1S/C15H17N3O/c1-3-12-14(17-9-18-15(12)16-2)11-4-5-13-10(8-11)6-7-19-13/h4-5,8-9H,3,6-7H2,1-2H3,(H,16,17,18). The molecule has 98 valence electrons. The highest BCUT2D eigenvalue weighted by Crippen LogP contribution is 2.32. The van der Waals surface area contributed by atoms with Crippen molar-refractivity contribution in [3.05, 3.63) is 35.7 Å². The fraction of sp³-hybridized carbons (Fsp3) is 0.333. The van der Waals surface area contributed by atoms with Crippen molar-refractivity contribution in [1.29, 1.82) is 0 Å². The van der Waals surface area contributed by atoms with E-state index in [1.807, 2.05) is 13.1 Å². The summed E-state index contributed by atoms with van der Waals surface area (Å²) in [5, 5.41) is 3.13. The number of hydrogen-bond donors (Lipinski definition) is 1. The van der Waals surface area contributed by atoms with E-state index in [-0.39, 0.29) is 0 Å². The first kappa shape index (κ1) is 12.0. The topological polar surface area (TPSA) is 47.0 Å². The van der Waals surface area contributed by atoms with Crippen LogP contribution in [0.25, 0.3) is 11.3 Å². The highest BCUT2D eigenvalue weighted by atomic mass is 16.5. The predicted octanol–water partition coefficient (Wildman–Crippen LogP) is 2.68. The van der Waals surface area contributed by atoms with Crippen molar-refractivity contribution < 1.29 is 4.74 Å². The van der Waals surface area contributed by atoms with Crippen LogP contribution in [0.2, 0.25) is 0 Å². The van der Waals surface area contributed by atoms with Crippen molar-refractivity contribution in [2.75, 3.05) is 19.0 Å². The van der Waals surface area contributed by atoms with E-state index in [0.717, 1.165) is 47.8 Å². The fourth-order valence-electron chi connectivity index (χ4n) is 2.55. The number of ether oxygens (including phenoxy) is 1. The second-order valence-electron chi connectivity index (χ2n) is 4.57. The average molecular weight is 255 g/mol. The van der Waals surface area contributed by atoms with Crippen molar-refractivity contribution in [3.63, 3.8) is 0 Å². The van der Waals surface area contributed by atoms with Crippen LogP contribution in [0.1, 0.15) is 18.1 Å². The summed E-state index contributed by atoms with van der Waals surface area (Å²) in [6.07, 6.45) is 3.50. The zero-order valence-electron chi connectivity index (χ0n) is 11.2. The Kier molecular flexibility index (Phi) is 3.07. The maximum Gasteiger partial charge on any atom is 0.132 e. The number of nitrogens with zero attached hydrogens (tertiary/aromatic N) is 2. The first-order valence-electron chi connectivity index (χ1n) is 6.61. The molecule has 0 spiro atoms. The SMILES string of the molecule is CCc1c(NC)ncnc1-c1ccc2c(c1)CCO2. The van der Waals surface area contributed by atoms with Gasteiger partial charge in [0.2, 0.25) is 0 Å². The molecule has 1 aromatic heterocycles. The molecule has 3 rings (SSSR count). The lowest BCUT2D eigenvalue weighted by atomic mass is 10.0. The van der Waals surface area contributed by atoms with Gasteiger partial charge in [0.25, 0.3) is 0 Å². The number of benzene rings is 1. The second-order valence-corrected chi connectivity index (χ2v) is 4.57. The molecule has 0 radical (unpaired) electrons. The minimum atomic E-state index is 0.783. The van der Waals surface area contributed by atoms with Crippen LogP contribution < -0.4 is 10.1 Å². The summed E-state index contributed by atoms with van der Waals surface area (Å²) in [5.41, 5.74) is 4.57. The Morgan fingerprint density at radius 3 is 3.00 bits per heavy atom. The maximum absolute atomic E-state index is 5.55. The van der Waals surface area contributed by atoms with Crippen molar-refractivity contribution in [1.82, 2.24) is 9.97 Å². The van der Waals surface area contributed by atoms with E-state index < -0.39 is 0 Å². The lowest BCUT2D eigenvalue weighted by Gasteiger charge is -2.11. The van der Waals surface area contributed by atoms with Gasteiger partial charge in [-0.05, 0) is 30.2 Å². The van der Waals surface area contributed by atoms with Gasteiger partial charge in [0.1, 0.15) is 17.9 Å². The summed E-state index contributed by atoms with van der Waals surface area (Å²) in [5.74, 6) is 1.91. The molecular formula is C15H17N3O. The van der Waals surface area contributed by atoms with Gasteiger partial charge in [0.15, 0.2) is 0 Å². The van der Waals surface area contributed by atoms with Gasteiger partial charge in [0.05, 0.1) is 12.3 Å². The van der Waals surface area contributed by atoms with Crippen LogP contribution in [0.5, 0.6) is 5.75 Å². The molecule has 0 saturated carbocycles. The molecule has 4 nitrogen and oxygen atoms in total. The van der Waals surface area contributed by atoms with Crippen molar-refractivity contribution >= 4 is 5.82 Å². The summed E-state index contributed by atoms with van der Waals surface area (Å²) in [7, 11) is 1.89. The van der Waals surface area contributed by atoms with E-state index in [9.17, 15) is 0 Å². The molecule has 2 heterocycles. The predicted molar refractivity (Wildman–Crippen MR) is 75.6 cm³/mol. The zero-order chi connectivity index (χ0) is 13.2. The third-order valence-corrected chi connectivity index (χ3v) is 3.50. The van der Waals surface area contributed by atoms with Gasteiger partial charge in [-0.3, -0.25) is 0 Å². The molecule has 0 atom stereocenters. The van der Waals surface area contributed by atoms with Crippen LogP contribution in [0, 0.1) is 0 Å². The van der Waals surface area contributed by atoms with Gasteiger partial charge in [-0.25, -0.2) is 9.97 Å². The molecule has 1 N–H and O–H groups in total. The van der Waals surface area contributed by atoms with E-state index >= 15 is 0 Å². The lowest BCUT2D eigenvalue weighted by molar-refractivity contribution is 0.357. The zero-order valence-corrected chi connectivity index (χ0v) is 11.2. The van der Waals surface area contributed by atoms with E-state index in [4.69, 9.17) is 4.74 Å². The molecule has 2 aromatic rings. The molecule has 1 aliphatic rings. The first-order valence-corrected chi connectivity index (χ1v) is 6.61. The van der Waals surface area contributed by atoms with Crippen LogP contribution in [0.4, 0.5) is 5.82 Å². The summed E-state index contributed by atoms with van der Waals surface area (Å²) in [6, 6.07) is 6.30. The minimum absolute atomic E-state index is 0.783. The van der Waals surface area contributed by atoms with Crippen LogP contribution in [-0.4, -0.2) is 23.6 Å². The smallest absolute Gasteiger partial charge is 0.132 e. The van der Waals surface area contributed by atoms with Gasteiger partial charge in [-0.1, -0.05) is 6.92 Å². The van der Waals surface area contributed by atoms with Gasteiger partial charge in [-0.2, -0.15) is 0 Å². The molecule has 1 aromatic carbocycles. The Balaban J connectivity index is 2.11.